The van der Waals surface area contributed by atoms with Gasteiger partial charge in [0.1, 0.15) is 12.2 Å². The summed E-state index contributed by atoms with van der Waals surface area (Å²) in [6, 6.07) is 0. The highest BCUT2D eigenvalue weighted by Gasteiger charge is 2.12. The van der Waals surface area contributed by atoms with Crippen LogP contribution in [0.15, 0.2) is 12.4 Å². The molecule has 0 unspecified atom stereocenters. The molecule has 0 fully saturated rings. The SMILES string of the molecule is OC[C@@H](O)c1cncc([C@H](O)CO)n1. The molecule has 14 heavy (non-hydrogen) atoms. The summed E-state index contributed by atoms with van der Waals surface area (Å²) >= 11 is 0. The Kier molecular flexibility index (Phi) is 3.90. The van der Waals surface area contributed by atoms with E-state index < -0.39 is 25.4 Å². The van der Waals surface area contributed by atoms with Crippen LogP contribution in [0.25, 0.3) is 0 Å². The van der Waals surface area contributed by atoms with E-state index in [2.05, 4.69) is 9.97 Å². The molecule has 1 aromatic rings. The van der Waals surface area contributed by atoms with Gasteiger partial charge < -0.3 is 20.4 Å². The van der Waals surface area contributed by atoms with Crippen molar-refractivity contribution in [2.45, 2.75) is 12.2 Å². The van der Waals surface area contributed by atoms with E-state index in [0.717, 1.165) is 0 Å². The van der Waals surface area contributed by atoms with Crippen LogP contribution in [0.5, 0.6) is 0 Å². The Hall–Kier alpha value is -1.08. The van der Waals surface area contributed by atoms with Crippen molar-refractivity contribution >= 4 is 0 Å². The highest BCUT2D eigenvalue weighted by Crippen LogP contribution is 2.12. The van der Waals surface area contributed by atoms with Crippen molar-refractivity contribution in [1.29, 1.82) is 0 Å². The number of aliphatic hydroxyl groups is 4. The Morgan fingerprint density at radius 3 is 1.79 bits per heavy atom. The lowest BCUT2D eigenvalue weighted by atomic mass is 10.2. The molecule has 0 radical (unpaired) electrons. The zero-order valence-corrected chi connectivity index (χ0v) is 7.41. The Balaban J connectivity index is 2.89. The van der Waals surface area contributed by atoms with Crippen LogP contribution in [-0.4, -0.2) is 43.6 Å². The van der Waals surface area contributed by atoms with Gasteiger partial charge in [0, 0.05) is 0 Å². The highest BCUT2D eigenvalue weighted by molar-refractivity contribution is 5.08. The van der Waals surface area contributed by atoms with Crippen LogP contribution in [-0.2, 0) is 0 Å². The van der Waals surface area contributed by atoms with Gasteiger partial charge in [-0.15, -0.1) is 0 Å². The fourth-order valence-electron chi connectivity index (χ4n) is 0.905. The van der Waals surface area contributed by atoms with Gasteiger partial charge in [-0.25, -0.2) is 4.98 Å². The van der Waals surface area contributed by atoms with Crippen molar-refractivity contribution in [2.24, 2.45) is 0 Å². The number of hydrogen-bond donors (Lipinski definition) is 4. The smallest absolute Gasteiger partial charge is 0.120 e. The summed E-state index contributed by atoms with van der Waals surface area (Å²) in [4.78, 5) is 7.55. The van der Waals surface area contributed by atoms with Gasteiger partial charge in [-0.3, -0.25) is 4.98 Å². The van der Waals surface area contributed by atoms with Gasteiger partial charge in [0.05, 0.1) is 37.0 Å². The molecule has 2 atom stereocenters. The third kappa shape index (κ3) is 2.46. The zero-order valence-electron chi connectivity index (χ0n) is 7.41. The van der Waals surface area contributed by atoms with E-state index in [4.69, 9.17) is 10.2 Å². The maximum atomic E-state index is 9.21. The first kappa shape index (κ1) is 11.0. The minimum absolute atomic E-state index is 0.164. The van der Waals surface area contributed by atoms with Crippen molar-refractivity contribution in [3.05, 3.63) is 23.8 Å². The monoisotopic (exact) mass is 200 g/mol. The van der Waals surface area contributed by atoms with Crippen LogP contribution in [0.4, 0.5) is 0 Å². The zero-order chi connectivity index (χ0) is 10.6. The van der Waals surface area contributed by atoms with Gasteiger partial charge in [0.2, 0.25) is 0 Å². The molecule has 1 heterocycles. The van der Waals surface area contributed by atoms with Crippen LogP contribution in [0.3, 0.4) is 0 Å². The molecule has 78 valence electrons. The van der Waals surface area contributed by atoms with Gasteiger partial charge in [0.15, 0.2) is 0 Å². The normalized spacial score (nSPS) is 15.1. The summed E-state index contributed by atoms with van der Waals surface area (Å²) in [5, 5.41) is 35.7. The molecule has 0 aliphatic carbocycles. The van der Waals surface area contributed by atoms with Gasteiger partial charge >= 0.3 is 0 Å². The first-order chi connectivity index (χ1) is 6.69. The number of aliphatic hydroxyl groups excluding tert-OH is 4. The van der Waals surface area contributed by atoms with Crippen LogP contribution in [0.1, 0.15) is 23.6 Å². The van der Waals surface area contributed by atoms with Crippen LogP contribution < -0.4 is 0 Å². The van der Waals surface area contributed by atoms with E-state index in [1.54, 1.807) is 0 Å². The summed E-state index contributed by atoms with van der Waals surface area (Å²) in [5.74, 6) is 0. The highest BCUT2D eigenvalue weighted by atomic mass is 16.3. The number of nitrogens with zero attached hydrogens (tertiary/aromatic N) is 2. The minimum Gasteiger partial charge on any atom is -0.393 e. The van der Waals surface area contributed by atoms with Gasteiger partial charge in [-0.1, -0.05) is 0 Å². The van der Waals surface area contributed by atoms with Crippen molar-refractivity contribution < 1.29 is 20.4 Å². The minimum atomic E-state index is -1.12. The molecule has 0 aliphatic rings. The van der Waals surface area contributed by atoms with E-state index in [-0.39, 0.29) is 11.4 Å². The summed E-state index contributed by atoms with van der Waals surface area (Å²) in [6.07, 6.45) is 0.338. The number of rotatable bonds is 4. The lowest BCUT2D eigenvalue weighted by Gasteiger charge is -2.10. The maximum Gasteiger partial charge on any atom is 0.120 e. The van der Waals surface area contributed by atoms with Crippen LogP contribution in [0, 0.1) is 0 Å². The van der Waals surface area contributed by atoms with Gasteiger partial charge in [-0.05, 0) is 0 Å². The molecule has 6 nitrogen and oxygen atoms in total. The fraction of sp³-hybridized carbons (Fsp3) is 0.500. The maximum absolute atomic E-state index is 9.21. The average molecular weight is 200 g/mol. The molecule has 4 N–H and O–H groups in total. The molecule has 0 amide bonds. The second-order valence-electron chi connectivity index (χ2n) is 2.77. The van der Waals surface area contributed by atoms with Crippen LogP contribution in [0.2, 0.25) is 0 Å². The standard InChI is InChI=1S/C8H12N2O4/c11-3-7(13)5-1-9-2-6(10-5)8(14)4-12/h1-2,7-8,11-14H,3-4H2/t7-,8-/m1/s1. The molecule has 1 rings (SSSR count). The molecule has 1 aromatic heterocycles. The summed E-state index contributed by atoms with van der Waals surface area (Å²) in [6.45, 7) is -0.930. The largest absolute Gasteiger partial charge is 0.393 e. The van der Waals surface area contributed by atoms with Gasteiger partial charge in [0.25, 0.3) is 0 Å². The molecule has 0 aliphatic heterocycles. The predicted octanol–water partition coefficient (Wildman–Crippen LogP) is -1.47. The molecule has 0 bridgehead atoms. The molecule has 0 saturated heterocycles. The summed E-state index contributed by atoms with van der Waals surface area (Å²) in [5.41, 5.74) is 0.329. The number of aromatic nitrogens is 2. The van der Waals surface area contributed by atoms with E-state index in [0.29, 0.717) is 0 Å². The fourth-order valence-corrected chi connectivity index (χ4v) is 0.905. The van der Waals surface area contributed by atoms with Crippen molar-refractivity contribution in [2.75, 3.05) is 13.2 Å². The Bertz CT molecular complexity index is 269. The molecular weight excluding hydrogens is 188 g/mol. The van der Waals surface area contributed by atoms with E-state index >= 15 is 0 Å². The first-order valence-corrected chi connectivity index (χ1v) is 4.08. The predicted molar refractivity (Wildman–Crippen MR) is 46.1 cm³/mol. The van der Waals surface area contributed by atoms with E-state index in [1.165, 1.54) is 12.4 Å². The second-order valence-corrected chi connectivity index (χ2v) is 2.77. The lowest BCUT2D eigenvalue weighted by Crippen LogP contribution is -2.11. The average Bonchev–Trinajstić information content (AvgIpc) is 2.27. The first-order valence-electron chi connectivity index (χ1n) is 4.08. The summed E-state index contributed by atoms with van der Waals surface area (Å²) < 4.78 is 0. The van der Waals surface area contributed by atoms with Crippen LogP contribution >= 0.6 is 0 Å². The summed E-state index contributed by atoms with van der Waals surface area (Å²) in [7, 11) is 0. The van der Waals surface area contributed by atoms with Crippen molar-refractivity contribution in [3.63, 3.8) is 0 Å². The Labute approximate surface area is 80.5 Å². The molecule has 0 saturated carbocycles. The van der Waals surface area contributed by atoms with Crippen molar-refractivity contribution in [3.8, 4) is 0 Å². The second kappa shape index (κ2) is 4.97. The molecule has 0 aromatic carbocycles. The quantitative estimate of drug-likeness (QED) is 0.472. The van der Waals surface area contributed by atoms with E-state index in [9.17, 15) is 10.2 Å². The number of hydrogen-bond acceptors (Lipinski definition) is 6. The lowest BCUT2D eigenvalue weighted by molar-refractivity contribution is 0.0832. The Morgan fingerprint density at radius 1 is 1.00 bits per heavy atom. The third-order valence-corrected chi connectivity index (χ3v) is 1.70. The van der Waals surface area contributed by atoms with E-state index in [1.807, 2.05) is 0 Å². The van der Waals surface area contributed by atoms with Gasteiger partial charge in [-0.2, -0.15) is 0 Å². The third-order valence-electron chi connectivity index (χ3n) is 1.70. The topological polar surface area (TPSA) is 107 Å². The molecule has 0 spiro atoms. The van der Waals surface area contributed by atoms with Crippen molar-refractivity contribution in [1.82, 2.24) is 9.97 Å². The Morgan fingerprint density at radius 2 is 1.43 bits per heavy atom. The molecule has 6 heteroatoms. The molecular formula is C8H12N2O4.